The van der Waals surface area contributed by atoms with Crippen LogP contribution in [0.5, 0.6) is 0 Å². The minimum Gasteiger partial charge on any atom is -0.481 e. The second kappa shape index (κ2) is 4.82. The smallest absolute Gasteiger partial charge is 0.310 e. The van der Waals surface area contributed by atoms with E-state index in [-0.39, 0.29) is 12.2 Å². The van der Waals surface area contributed by atoms with Crippen molar-refractivity contribution in [2.75, 3.05) is 11.9 Å². The number of nitro benzene ring substituents is 1. The largest absolute Gasteiger partial charge is 0.481 e. The zero-order valence-corrected chi connectivity index (χ0v) is 9.64. The first-order valence-electron chi connectivity index (χ1n) is 5.05. The molecule has 0 aliphatic heterocycles. The Morgan fingerprint density at radius 1 is 1.47 bits per heavy atom. The standard InChI is InChI=1S/C11H14N2O4/c1-11(2,10(14)15)7-12-8-5-3-4-6-9(8)13(16)17/h3-6,12H,7H2,1-2H3,(H,14,15). The molecule has 6 heteroatoms. The number of carbonyl (C=O) groups is 1. The minimum absolute atomic E-state index is 0.0614. The Labute approximate surface area is 98.4 Å². The van der Waals surface area contributed by atoms with Gasteiger partial charge in [0.25, 0.3) is 5.69 Å². The van der Waals surface area contributed by atoms with Gasteiger partial charge in [-0.05, 0) is 19.9 Å². The summed E-state index contributed by atoms with van der Waals surface area (Å²) in [5.74, 6) is -0.955. The molecule has 1 aromatic carbocycles. The van der Waals surface area contributed by atoms with Crippen LogP contribution in [0.1, 0.15) is 13.8 Å². The number of hydrogen-bond acceptors (Lipinski definition) is 4. The zero-order chi connectivity index (χ0) is 13.1. The molecule has 0 saturated heterocycles. The minimum atomic E-state index is -0.982. The molecule has 1 aromatic rings. The number of nitrogens with zero attached hydrogens (tertiary/aromatic N) is 1. The van der Waals surface area contributed by atoms with Gasteiger partial charge in [-0.3, -0.25) is 14.9 Å². The van der Waals surface area contributed by atoms with Crippen LogP contribution < -0.4 is 5.32 Å². The Morgan fingerprint density at radius 2 is 2.06 bits per heavy atom. The summed E-state index contributed by atoms with van der Waals surface area (Å²) in [5, 5.41) is 22.4. The van der Waals surface area contributed by atoms with Gasteiger partial charge in [0.2, 0.25) is 0 Å². The normalized spacial score (nSPS) is 10.9. The van der Waals surface area contributed by atoms with E-state index in [1.54, 1.807) is 32.0 Å². The van der Waals surface area contributed by atoms with Gasteiger partial charge in [0.15, 0.2) is 0 Å². The molecule has 1 rings (SSSR count). The molecule has 0 aromatic heterocycles. The Bertz CT molecular complexity index is 443. The maximum atomic E-state index is 10.9. The van der Waals surface area contributed by atoms with Crippen LogP contribution in [-0.2, 0) is 4.79 Å². The topological polar surface area (TPSA) is 92.5 Å². The summed E-state index contributed by atoms with van der Waals surface area (Å²) in [6, 6.07) is 6.14. The molecule has 0 amide bonds. The molecule has 2 N–H and O–H groups in total. The van der Waals surface area contributed by atoms with Crippen molar-refractivity contribution >= 4 is 17.3 Å². The summed E-state index contributed by atoms with van der Waals surface area (Å²) in [6.07, 6.45) is 0. The molecule has 0 bridgehead atoms. The first-order chi connectivity index (χ1) is 7.84. The molecule has 0 radical (unpaired) electrons. The molecule has 0 saturated carbocycles. The molecule has 0 atom stereocenters. The van der Waals surface area contributed by atoms with E-state index >= 15 is 0 Å². The number of nitro groups is 1. The quantitative estimate of drug-likeness (QED) is 0.605. The first-order valence-corrected chi connectivity index (χ1v) is 5.05. The van der Waals surface area contributed by atoms with Crippen LogP contribution in [0.25, 0.3) is 0 Å². The van der Waals surface area contributed by atoms with E-state index in [0.717, 1.165) is 0 Å². The van der Waals surface area contributed by atoms with E-state index in [4.69, 9.17) is 5.11 Å². The van der Waals surface area contributed by atoms with Gasteiger partial charge in [-0.1, -0.05) is 12.1 Å². The number of carboxylic acids is 1. The lowest BCUT2D eigenvalue weighted by Gasteiger charge is -2.20. The summed E-state index contributed by atoms with van der Waals surface area (Å²) in [4.78, 5) is 21.1. The van der Waals surface area contributed by atoms with Crippen LogP contribution in [0.2, 0.25) is 0 Å². The van der Waals surface area contributed by atoms with E-state index in [1.165, 1.54) is 6.07 Å². The molecule has 92 valence electrons. The van der Waals surface area contributed by atoms with E-state index < -0.39 is 16.3 Å². The summed E-state index contributed by atoms with van der Waals surface area (Å²) >= 11 is 0. The fourth-order valence-corrected chi connectivity index (χ4v) is 1.17. The molecule has 0 heterocycles. The maximum Gasteiger partial charge on any atom is 0.310 e. The van der Waals surface area contributed by atoms with Gasteiger partial charge in [-0.15, -0.1) is 0 Å². The molecule has 0 aliphatic rings. The van der Waals surface area contributed by atoms with Gasteiger partial charge < -0.3 is 10.4 Å². The van der Waals surface area contributed by atoms with Gasteiger partial charge in [0.05, 0.1) is 10.3 Å². The molecule has 0 aliphatic carbocycles. The van der Waals surface area contributed by atoms with Crippen LogP contribution in [0.4, 0.5) is 11.4 Å². The van der Waals surface area contributed by atoms with Gasteiger partial charge in [0.1, 0.15) is 5.69 Å². The third-order valence-electron chi connectivity index (χ3n) is 2.40. The predicted octanol–water partition coefficient (Wildman–Crippen LogP) is 2.12. The fourth-order valence-electron chi connectivity index (χ4n) is 1.17. The number of carboxylic acid groups (broad SMARTS) is 1. The van der Waals surface area contributed by atoms with Crippen LogP contribution in [0.15, 0.2) is 24.3 Å². The van der Waals surface area contributed by atoms with E-state index in [1.807, 2.05) is 0 Å². The van der Waals surface area contributed by atoms with Gasteiger partial charge in [-0.2, -0.15) is 0 Å². The Balaban J connectivity index is 2.83. The Kier molecular flexibility index (Phi) is 3.67. The second-order valence-corrected chi connectivity index (χ2v) is 4.32. The molecule has 17 heavy (non-hydrogen) atoms. The summed E-state index contributed by atoms with van der Waals surface area (Å²) in [6.45, 7) is 3.22. The summed E-state index contributed by atoms with van der Waals surface area (Å²) < 4.78 is 0. The predicted molar refractivity (Wildman–Crippen MR) is 63.0 cm³/mol. The van der Waals surface area contributed by atoms with Crippen molar-refractivity contribution in [2.45, 2.75) is 13.8 Å². The van der Waals surface area contributed by atoms with Gasteiger partial charge >= 0.3 is 5.97 Å². The SMILES string of the molecule is CC(C)(CNc1ccccc1[N+](=O)[O-])C(=O)O. The highest BCUT2D eigenvalue weighted by molar-refractivity contribution is 5.75. The highest BCUT2D eigenvalue weighted by atomic mass is 16.6. The summed E-state index contributed by atoms with van der Waals surface area (Å²) in [5.41, 5.74) is -0.718. The van der Waals surface area contributed by atoms with E-state index in [9.17, 15) is 14.9 Å². The number of para-hydroxylation sites is 2. The van der Waals surface area contributed by atoms with Crippen LogP contribution in [-0.4, -0.2) is 22.5 Å². The van der Waals surface area contributed by atoms with Crippen LogP contribution in [0.3, 0.4) is 0 Å². The number of anilines is 1. The Morgan fingerprint density at radius 3 is 2.59 bits per heavy atom. The lowest BCUT2D eigenvalue weighted by Crippen LogP contribution is -2.31. The molecular formula is C11H14N2O4. The van der Waals surface area contributed by atoms with E-state index in [0.29, 0.717) is 5.69 Å². The van der Waals surface area contributed by atoms with Crippen molar-refractivity contribution in [1.29, 1.82) is 0 Å². The zero-order valence-electron chi connectivity index (χ0n) is 9.64. The van der Waals surface area contributed by atoms with Crippen molar-refractivity contribution in [3.05, 3.63) is 34.4 Å². The average molecular weight is 238 g/mol. The van der Waals surface area contributed by atoms with E-state index in [2.05, 4.69) is 5.32 Å². The maximum absolute atomic E-state index is 10.9. The monoisotopic (exact) mass is 238 g/mol. The lowest BCUT2D eigenvalue weighted by molar-refractivity contribution is -0.384. The van der Waals surface area contributed by atoms with Crippen LogP contribution >= 0.6 is 0 Å². The number of hydrogen-bond donors (Lipinski definition) is 2. The first kappa shape index (κ1) is 13.0. The fraction of sp³-hybridized carbons (Fsp3) is 0.364. The second-order valence-electron chi connectivity index (χ2n) is 4.32. The van der Waals surface area contributed by atoms with Crippen molar-refractivity contribution in [3.8, 4) is 0 Å². The third kappa shape index (κ3) is 3.17. The molecule has 0 spiro atoms. The van der Waals surface area contributed by atoms with Crippen molar-refractivity contribution in [2.24, 2.45) is 5.41 Å². The lowest BCUT2D eigenvalue weighted by atomic mass is 9.94. The number of aliphatic carboxylic acids is 1. The average Bonchev–Trinajstić information content (AvgIpc) is 2.26. The number of nitrogens with one attached hydrogen (secondary N) is 1. The molecular weight excluding hydrogens is 224 g/mol. The molecule has 0 unspecified atom stereocenters. The van der Waals surface area contributed by atoms with Gasteiger partial charge in [0, 0.05) is 12.6 Å². The van der Waals surface area contributed by atoms with Crippen molar-refractivity contribution in [1.82, 2.24) is 0 Å². The van der Waals surface area contributed by atoms with Crippen molar-refractivity contribution in [3.63, 3.8) is 0 Å². The highest BCUT2D eigenvalue weighted by Crippen LogP contribution is 2.25. The Hall–Kier alpha value is -2.11. The van der Waals surface area contributed by atoms with Crippen molar-refractivity contribution < 1.29 is 14.8 Å². The molecule has 6 nitrogen and oxygen atoms in total. The number of benzene rings is 1. The van der Waals surface area contributed by atoms with Gasteiger partial charge in [-0.25, -0.2) is 0 Å². The number of rotatable bonds is 5. The summed E-state index contributed by atoms with van der Waals surface area (Å²) in [7, 11) is 0. The highest BCUT2D eigenvalue weighted by Gasteiger charge is 2.27. The molecule has 0 fully saturated rings. The van der Waals surface area contributed by atoms with Crippen LogP contribution in [0, 0.1) is 15.5 Å². The third-order valence-corrected chi connectivity index (χ3v) is 2.40.